The third kappa shape index (κ3) is 5.54. The van der Waals surface area contributed by atoms with E-state index in [-0.39, 0.29) is 39.0 Å². The predicted octanol–water partition coefficient (Wildman–Crippen LogP) is 5.54. The number of hydrogen-bond donors (Lipinski definition) is 2. The van der Waals surface area contributed by atoms with Crippen LogP contribution in [0.2, 0.25) is 0 Å². The standard InChI is InChI=1S/C24H20F3N3O4S.BrH/c1-13-4-9-17(23(31)29-13)18-11-20(24(25,26)27)22(34-2)19-10-15(12-28-21(18)19)14-5-7-16(8-6-14)30-35(3,32)33;/h4-12,30H,1-3H3,(H,29,31);1H. The Morgan fingerprint density at radius 3 is 2.22 bits per heavy atom. The van der Waals surface area contributed by atoms with Crippen molar-refractivity contribution in [3.05, 3.63) is 76.3 Å². The van der Waals surface area contributed by atoms with E-state index in [2.05, 4.69) is 14.7 Å². The summed E-state index contributed by atoms with van der Waals surface area (Å²) >= 11 is 0. The van der Waals surface area contributed by atoms with E-state index >= 15 is 0 Å². The molecule has 0 radical (unpaired) electrons. The summed E-state index contributed by atoms with van der Waals surface area (Å²) in [5, 5.41) is 0.0770. The zero-order valence-corrected chi connectivity index (χ0v) is 21.8. The van der Waals surface area contributed by atoms with Crippen LogP contribution in [0.25, 0.3) is 33.2 Å². The molecule has 0 atom stereocenters. The monoisotopic (exact) mass is 583 g/mol. The molecule has 190 valence electrons. The number of rotatable bonds is 5. The Bertz CT molecular complexity index is 1600. The molecule has 12 heteroatoms. The van der Waals surface area contributed by atoms with Gasteiger partial charge in [0.25, 0.3) is 5.56 Å². The quantitative estimate of drug-likeness (QED) is 0.321. The molecule has 4 aromatic rings. The second-order valence-electron chi connectivity index (χ2n) is 7.96. The van der Waals surface area contributed by atoms with Gasteiger partial charge < -0.3 is 9.72 Å². The Labute approximate surface area is 215 Å². The third-order valence-electron chi connectivity index (χ3n) is 5.30. The summed E-state index contributed by atoms with van der Waals surface area (Å²) < 4.78 is 72.3. The first kappa shape index (κ1) is 27.2. The number of alkyl halides is 3. The lowest BCUT2D eigenvalue weighted by molar-refractivity contribution is -0.138. The van der Waals surface area contributed by atoms with Crippen LogP contribution in [0.1, 0.15) is 11.3 Å². The number of hydrogen-bond acceptors (Lipinski definition) is 5. The van der Waals surface area contributed by atoms with Gasteiger partial charge in [0.15, 0.2) is 0 Å². The summed E-state index contributed by atoms with van der Waals surface area (Å²) in [5.41, 5.74) is 0.637. The third-order valence-corrected chi connectivity index (χ3v) is 5.90. The minimum atomic E-state index is -4.75. The minimum Gasteiger partial charge on any atom is -0.495 e. The van der Waals surface area contributed by atoms with E-state index in [1.54, 1.807) is 25.1 Å². The van der Waals surface area contributed by atoms with Gasteiger partial charge in [-0.3, -0.25) is 14.5 Å². The lowest BCUT2D eigenvalue weighted by Gasteiger charge is -2.18. The number of aryl methyl sites for hydroxylation is 1. The zero-order chi connectivity index (χ0) is 25.5. The van der Waals surface area contributed by atoms with E-state index in [0.29, 0.717) is 22.5 Å². The summed E-state index contributed by atoms with van der Waals surface area (Å²) in [7, 11) is -2.32. The maximum atomic E-state index is 14.0. The Morgan fingerprint density at radius 1 is 1.00 bits per heavy atom. The summed E-state index contributed by atoms with van der Waals surface area (Å²) in [6.45, 7) is 1.67. The van der Waals surface area contributed by atoms with Gasteiger partial charge in [0, 0.05) is 39.7 Å². The van der Waals surface area contributed by atoms with Crippen LogP contribution in [0.5, 0.6) is 5.75 Å². The van der Waals surface area contributed by atoms with Gasteiger partial charge in [-0.25, -0.2) is 8.42 Å². The van der Waals surface area contributed by atoms with E-state index in [0.717, 1.165) is 19.4 Å². The molecule has 0 saturated heterocycles. The molecule has 0 aliphatic heterocycles. The summed E-state index contributed by atoms with van der Waals surface area (Å²) in [6.07, 6.45) is -2.25. The highest BCUT2D eigenvalue weighted by atomic mass is 79.9. The van der Waals surface area contributed by atoms with Gasteiger partial charge in [0.05, 0.1) is 24.4 Å². The fourth-order valence-electron chi connectivity index (χ4n) is 3.80. The summed E-state index contributed by atoms with van der Waals surface area (Å²) in [6, 6.07) is 11.7. The first-order valence-corrected chi connectivity index (χ1v) is 12.1. The van der Waals surface area contributed by atoms with Crippen LogP contribution >= 0.6 is 17.0 Å². The Kier molecular flexibility index (Phi) is 7.51. The number of ether oxygens (including phenoxy) is 1. The van der Waals surface area contributed by atoms with Gasteiger partial charge >= 0.3 is 6.18 Å². The van der Waals surface area contributed by atoms with Crippen LogP contribution in [0.4, 0.5) is 18.9 Å². The van der Waals surface area contributed by atoms with Crippen LogP contribution in [0.3, 0.4) is 0 Å². The first-order chi connectivity index (χ1) is 16.4. The smallest absolute Gasteiger partial charge is 0.420 e. The molecular formula is C24H21BrF3N3O4S. The molecule has 0 spiro atoms. The van der Waals surface area contributed by atoms with Gasteiger partial charge in [0.2, 0.25) is 10.0 Å². The molecule has 2 aromatic heterocycles. The number of halogens is 4. The number of nitrogens with zero attached hydrogens (tertiary/aromatic N) is 1. The Morgan fingerprint density at radius 2 is 1.67 bits per heavy atom. The van der Waals surface area contributed by atoms with Gasteiger partial charge in [-0.2, -0.15) is 13.2 Å². The fourth-order valence-corrected chi connectivity index (χ4v) is 4.36. The number of aromatic nitrogens is 2. The topological polar surface area (TPSA) is 101 Å². The van der Waals surface area contributed by atoms with Crippen molar-refractivity contribution in [2.24, 2.45) is 0 Å². The Hall–Kier alpha value is -3.38. The number of aromatic amines is 1. The molecule has 2 N–H and O–H groups in total. The van der Waals surface area contributed by atoms with E-state index in [1.165, 1.54) is 30.5 Å². The average molecular weight is 584 g/mol. The molecule has 36 heavy (non-hydrogen) atoms. The lowest BCUT2D eigenvalue weighted by Crippen LogP contribution is -2.13. The second kappa shape index (κ2) is 9.94. The first-order valence-electron chi connectivity index (χ1n) is 10.2. The average Bonchev–Trinajstić information content (AvgIpc) is 2.76. The minimum absolute atomic E-state index is 0. The highest BCUT2D eigenvalue weighted by Gasteiger charge is 2.36. The van der Waals surface area contributed by atoms with Gasteiger partial charge in [-0.1, -0.05) is 12.1 Å². The molecule has 7 nitrogen and oxygen atoms in total. The molecule has 0 saturated carbocycles. The predicted molar refractivity (Wildman–Crippen MR) is 138 cm³/mol. The molecular weight excluding hydrogens is 563 g/mol. The number of fused-ring (bicyclic) bond motifs is 1. The van der Waals surface area contributed by atoms with Crippen molar-refractivity contribution in [2.45, 2.75) is 13.1 Å². The molecule has 0 aliphatic rings. The van der Waals surface area contributed by atoms with E-state index in [4.69, 9.17) is 4.74 Å². The van der Waals surface area contributed by atoms with Crippen molar-refractivity contribution in [3.63, 3.8) is 0 Å². The van der Waals surface area contributed by atoms with Crippen LogP contribution in [-0.2, 0) is 16.2 Å². The maximum Gasteiger partial charge on any atom is 0.420 e. The molecule has 2 aromatic carbocycles. The van der Waals surface area contributed by atoms with Crippen molar-refractivity contribution in [1.29, 1.82) is 0 Å². The molecule has 0 fully saturated rings. The molecule has 4 rings (SSSR count). The molecule has 0 bridgehead atoms. The number of anilines is 1. The van der Waals surface area contributed by atoms with Gasteiger partial charge in [-0.15, -0.1) is 17.0 Å². The summed E-state index contributed by atoms with van der Waals surface area (Å²) in [4.78, 5) is 19.6. The van der Waals surface area contributed by atoms with Gasteiger partial charge in [-0.05, 0) is 48.9 Å². The van der Waals surface area contributed by atoms with Crippen LogP contribution in [0, 0.1) is 6.92 Å². The second-order valence-corrected chi connectivity index (χ2v) is 9.71. The van der Waals surface area contributed by atoms with Crippen molar-refractivity contribution in [3.8, 4) is 28.0 Å². The molecule has 0 aliphatic carbocycles. The molecule has 0 unspecified atom stereocenters. The van der Waals surface area contributed by atoms with Crippen molar-refractivity contribution in [1.82, 2.24) is 9.97 Å². The summed E-state index contributed by atoms with van der Waals surface area (Å²) in [5.74, 6) is -0.412. The maximum absolute atomic E-state index is 14.0. The Balaban J connectivity index is 0.00000361. The number of methoxy groups -OCH3 is 1. The lowest BCUT2D eigenvalue weighted by atomic mass is 9.96. The zero-order valence-electron chi connectivity index (χ0n) is 19.2. The number of sulfonamides is 1. The number of pyridine rings is 2. The highest BCUT2D eigenvalue weighted by Crippen LogP contribution is 2.44. The van der Waals surface area contributed by atoms with Crippen molar-refractivity contribution >= 4 is 43.6 Å². The molecule has 2 heterocycles. The van der Waals surface area contributed by atoms with E-state index in [9.17, 15) is 26.4 Å². The largest absolute Gasteiger partial charge is 0.495 e. The van der Waals surface area contributed by atoms with E-state index in [1.807, 2.05) is 0 Å². The van der Waals surface area contributed by atoms with Gasteiger partial charge in [0.1, 0.15) is 5.75 Å². The van der Waals surface area contributed by atoms with Crippen LogP contribution < -0.4 is 15.0 Å². The normalized spacial score (nSPS) is 11.7. The van der Waals surface area contributed by atoms with E-state index < -0.39 is 33.1 Å². The number of H-pyrrole nitrogens is 1. The van der Waals surface area contributed by atoms with Crippen LogP contribution in [-0.4, -0.2) is 31.8 Å². The number of benzene rings is 2. The fraction of sp³-hybridized carbons (Fsp3) is 0.167. The van der Waals surface area contributed by atoms with Crippen molar-refractivity contribution in [2.75, 3.05) is 18.1 Å². The number of nitrogens with one attached hydrogen (secondary N) is 2. The highest BCUT2D eigenvalue weighted by molar-refractivity contribution is 8.93. The molecule has 0 amide bonds. The van der Waals surface area contributed by atoms with Crippen molar-refractivity contribution < 1.29 is 26.3 Å². The SMILES string of the molecule is Br.COc1c(C(F)(F)F)cc(-c2ccc(C)[nH]c2=O)c2ncc(-c3ccc(NS(C)(=O)=O)cc3)cc12. The van der Waals surface area contributed by atoms with Crippen LogP contribution in [0.15, 0.2) is 59.5 Å².